The SMILES string of the molecule is NCC(c1noc(=O)[nH]1)C1CCCCCC1. The Morgan fingerprint density at radius 3 is 2.56 bits per heavy atom. The van der Waals surface area contributed by atoms with Crippen molar-refractivity contribution >= 4 is 0 Å². The van der Waals surface area contributed by atoms with Crippen molar-refractivity contribution in [2.45, 2.75) is 44.4 Å². The van der Waals surface area contributed by atoms with Gasteiger partial charge in [-0.3, -0.25) is 9.51 Å². The highest BCUT2D eigenvalue weighted by atomic mass is 16.5. The number of nitrogens with one attached hydrogen (secondary N) is 1. The molecular formula is C11H19N3O2. The lowest BCUT2D eigenvalue weighted by Gasteiger charge is -2.21. The molecule has 1 aromatic rings. The summed E-state index contributed by atoms with van der Waals surface area (Å²) < 4.78 is 4.55. The van der Waals surface area contributed by atoms with E-state index in [0.29, 0.717) is 18.3 Å². The van der Waals surface area contributed by atoms with Gasteiger partial charge in [0.25, 0.3) is 0 Å². The van der Waals surface area contributed by atoms with E-state index < -0.39 is 5.76 Å². The van der Waals surface area contributed by atoms with E-state index in [2.05, 4.69) is 14.7 Å². The molecule has 90 valence electrons. The average molecular weight is 225 g/mol. The number of nitrogens with zero attached hydrogens (tertiary/aromatic N) is 1. The van der Waals surface area contributed by atoms with E-state index in [9.17, 15) is 4.79 Å². The minimum absolute atomic E-state index is 0.143. The molecule has 5 heteroatoms. The van der Waals surface area contributed by atoms with Crippen molar-refractivity contribution in [3.05, 3.63) is 16.4 Å². The van der Waals surface area contributed by atoms with Gasteiger partial charge in [-0.2, -0.15) is 0 Å². The van der Waals surface area contributed by atoms with Gasteiger partial charge in [-0.25, -0.2) is 4.79 Å². The molecule has 1 aliphatic carbocycles. The van der Waals surface area contributed by atoms with Gasteiger partial charge in [-0.1, -0.05) is 30.8 Å². The van der Waals surface area contributed by atoms with Crippen LogP contribution in [0.25, 0.3) is 0 Å². The normalized spacial score (nSPS) is 20.6. The van der Waals surface area contributed by atoms with Gasteiger partial charge in [0.05, 0.1) is 0 Å². The van der Waals surface area contributed by atoms with Gasteiger partial charge in [-0.15, -0.1) is 0 Å². The largest absolute Gasteiger partial charge is 0.438 e. The van der Waals surface area contributed by atoms with E-state index in [-0.39, 0.29) is 5.92 Å². The molecule has 1 saturated carbocycles. The van der Waals surface area contributed by atoms with Crippen LogP contribution in [0.4, 0.5) is 0 Å². The smallest absolute Gasteiger partial charge is 0.330 e. The number of aromatic nitrogens is 2. The highest BCUT2D eigenvalue weighted by Crippen LogP contribution is 2.32. The molecule has 5 nitrogen and oxygen atoms in total. The van der Waals surface area contributed by atoms with Crippen LogP contribution in [-0.2, 0) is 0 Å². The van der Waals surface area contributed by atoms with E-state index in [4.69, 9.17) is 5.73 Å². The fourth-order valence-corrected chi connectivity index (χ4v) is 2.64. The molecular weight excluding hydrogens is 206 g/mol. The first-order chi connectivity index (χ1) is 7.81. The molecule has 0 amide bonds. The zero-order valence-electron chi connectivity index (χ0n) is 9.45. The maximum absolute atomic E-state index is 10.9. The Labute approximate surface area is 94.4 Å². The Hall–Kier alpha value is -1.10. The summed E-state index contributed by atoms with van der Waals surface area (Å²) in [6, 6.07) is 0. The Kier molecular flexibility index (Phi) is 3.77. The molecule has 0 aromatic carbocycles. The maximum Gasteiger partial charge on any atom is 0.438 e. The molecule has 1 aliphatic rings. The van der Waals surface area contributed by atoms with Crippen LogP contribution in [-0.4, -0.2) is 16.7 Å². The summed E-state index contributed by atoms with van der Waals surface area (Å²) in [5.41, 5.74) is 5.79. The van der Waals surface area contributed by atoms with Crippen LogP contribution in [0.1, 0.15) is 50.3 Å². The lowest BCUT2D eigenvalue weighted by Crippen LogP contribution is -2.23. The molecule has 3 N–H and O–H groups in total. The lowest BCUT2D eigenvalue weighted by molar-refractivity contribution is 0.340. The van der Waals surface area contributed by atoms with Gasteiger partial charge in [0.1, 0.15) is 0 Å². The van der Waals surface area contributed by atoms with Crippen molar-refractivity contribution in [3.8, 4) is 0 Å². The molecule has 0 saturated heterocycles. The van der Waals surface area contributed by atoms with Crippen LogP contribution in [0.2, 0.25) is 0 Å². The third-order valence-electron chi connectivity index (χ3n) is 3.53. The second-order valence-electron chi connectivity index (χ2n) is 4.57. The van der Waals surface area contributed by atoms with E-state index >= 15 is 0 Å². The topological polar surface area (TPSA) is 84.9 Å². The van der Waals surface area contributed by atoms with Crippen molar-refractivity contribution in [2.75, 3.05) is 6.54 Å². The van der Waals surface area contributed by atoms with Crippen molar-refractivity contribution in [2.24, 2.45) is 11.7 Å². The molecule has 16 heavy (non-hydrogen) atoms. The third kappa shape index (κ3) is 2.52. The summed E-state index contributed by atoms with van der Waals surface area (Å²) in [5, 5.41) is 3.77. The first-order valence-corrected chi connectivity index (χ1v) is 6.07. The summed E-state index contributed by atoms with van der Waals surface area (Å²) in [6.45, 7) is 0.521. The second-order valence-corrected chi connectivity index (χ2v) is 4.57. The van der Waals surface area contributed by atoms with Gasteiger partial charge < -0.3 is 5.73 Å². The minimum Gasteiger partial charge on any atom is -0.330 e. The zero-order chi connectivity index (χ0) is 11.4. The van der Waals surface area contributed by atoms with Gasteiger partial charge in [0, 0.05) is 12.5 Å². The van der Waals surface area contributed by atoms with Crippen LogP contribution in [0.5, 0.6) is 0 Å². The van der Waals surface area contributed by atoms with Crippen molar-refractivity contribution in [3.63, 3.8) is 0 Å². The van der Waals surface area contributed by atoms with Crippen molar-refractivity contribution in [1.29, 1.82) is 0 Å². The van der Waals surface area contributed by atoms with Crippen LogP contribution >= 0.6 is 0 Å². The maximum atomic E-state index is 10.9. The number of rotatable bonds is 3. The molecule has 1 unspecified atom stereocenters. The van der Waals surface area contributed by atoms with Gasteiger partial charge >= 0.3 is 5.76 Å². The molecule has 1 heterocycles. The average Bonchev–Trinajstić information content (AvgIpc) is 2.55. The second kappa shape index (κ2) is 5.30. The van der Waals surface area contributed by atoms with E-state index in [1.165, 1.54) is 38.5 Å². The van der Waals surface area contributed by atoms with Gasteiger partial charge in [0.15, 0.2) is 5.82 Å². The third-order valence-corrected chi connectivity index (χ3v) is 3.53. The number of hydrogen-bond donors (Lipinski definition) is 2. The van der Waals surface area contributed by atoms with Crippen LogP contribution in [0.15, 0.2) is 9.32 Å². The molecule has 0 spiro atoms. The summed E-state index contributed by atoms with van der Waals surface area (Å²) in [6.07, 6.45) is 7.48. The van der Waals surface area contributed by atoms with Gasteiger partial charge in [0.2, 0.25) is 0 Å². The highest BCUT2D eigenvalue weighted by Gasteiger charge is 2.26. The fraction of sp³-hybridized carbons (Fsp3) is 0.818. The molecule has 0 aliphatic heterocycles. The fourth-order valence-electron chi connectivity index (χ4n) is 2.64. The van der Waals surface area contributed by atoms with Crippen molar-refractivity contribution in [1.82, 2.24) is 10.1 Å². The molecule has 0 bridgehead atoms. The Morgan fingerprint density at radius 1 is 1.38 bits per heavy atom. The summed E-state index contributed by atoms with van der Waals surface area (Å²) in [7, 11) is 0. The Bertz CT molecular complexity index is 363. The number of aromatic amines is 1. The highest BCUT2D eigenvalue weighted by molar-refractivity contribution is 4.96. The molecule has 2 rings (SSSR count). The number of nitrogens with two attached hydrogens (primary N) is 1. The predicted octanol–water partition coefficient (Wildman–Crippen LogP) is 1.38. The summed E-state index contributed by atoms with van der Waals surface area (Å²) in [4.78, 5) is 13.6. The Morgan fingerprint density at radius 2 is 2.06 bits per heavy atom. The number of H-pyrrole nitrogens is 1. The summed E-state index contributed by atoms with van der Waals surface area (Å²) >= 11 is 0. The van der Waals surface area contributed by atoms with E-state index in [1.54, 1.807) is 0 Å². The Balaban J connectivity index is 2.11. The first kappa shape index (κ1) is 11.4. The van der Waals surface area contributed by atoms with Crippen LogP contribution < -0.4 is 11.5 Å². The zero-order valence-corrected chi connectivity index (χ0v) is 9.45. The molecule has 1 fully saturated rings. The molecule has 1 aromatic heterocycles. The molecule has 1 atom stereocenters. The van der Waals surface area contributed by atoms with Crippen molar-refractivity contribution < 1.29 is 4.52 Å². The minimum atomic E-state index is -0.484. The quantitative estimate of drug-likeness (QED) is 0.761. The monoisotopic (exact) mass is 225 g/mol. The lowest BCUT2D eigenvalue weighted by atomic mass is 9.85. The summed E-state index contributed by atoms with van der Waals surface area (Å²) in [5.74, 6) is 0.819. The predicted molar refractivity (Wildman–Crippen MR) is 60.1 cm³/mol. The molecule has 0 radical (unpaired) electrons. The van der Waals surface area contributed by atoms with Crippen LogP contribution in [0.3, 0.4) is 0 Å². The van der Waals surface area contributed by atoms with E-state index in [0.717, 1.165) is 0 Å². The number of hydrogen-bond acceptors (Lipinski definition) is 4. The first-order valence-electron chi connectivity index (χ1n) is 6.07. The van der Waals surface area contributed by atoms with E-state index in [1.807, 2.05) is 0 Å². The van der Waals surface area contributed by atoms with Crippen LogP contribution in [0, 0.1) is 5.92 Å². The van der Waals surface area contributed by atoms with Gasteiger partial charge in [-0.05, 0) is 18.8 Å². The standard InChI is InChI=1S/C11H19N3O2/c12-7-9(10-13-11(15)16-14-10)8-5-3-1-2-4-6-8/h8-9H,1-7,12H2,(H,13,14,15).